The molecule has 0 saturated heterocycles. The molecule has 0 atom stereocenters. The topological polar surface area (TPSA) is 38.4 Å². The third-order valence-corrected chi connectivity index (χ3v) is 2.91. The molecular weight excluding hydrogens is 204 g/mol. The van der Waals surface area contributed by atoms with Crippen molar-refractivity contribution in [1.29, 1.82) is 0 Å². The summed E-state index contributed by atoms with van der Waals surface area (Å²) < 4.78 is 0. The van der Waals surface area contributed by atoms with Crippen LogP contribution in [-0.2, 0) is 0 Å². The molecule has 0 saturated carbocycles. The molecule has 0 amide bonds. The summed E-state index contributed by atoms with van der Waals surface area (Å²) in [6, 6.07) is 5.69. The summed E-state index contributed by atoms with van der Waals surface area (Å²) in [5.41, 5.74) is 6.51. The van der Waals surface area contributed by atoms with E-state index in [0.717, 1.165) is 15.5 Å². The van der Waals surface area contributed by atoms with E-state index in [1.165, 1.54) is 0 Å². The van der Waals surface area contributed by atoms with Gasteiger partial charge in [0.1, 0.15) is 5.84 Å². The van der Waals surface area contributed by atoms with Gasteiger partial charge < -0.3 is 5.73 Å². The maximum Gasteiger partial charge on any atom is 0.125 e. The molecule has 4 heteroatoms. The largest absolute Gasteiger partial charge is 0.384 e. The van der Waals surface area contributed by atoms with Crippen molar-refractivity contribution < 1.29 is 0 Å². The van der Waals surface area contributed by atoms with E-state index in [2.05, 4.69) is 4.99 Å². The van der Waals surface area contributed by atoms with Crippen molar-refractivity contribution in [2.75, 3.05) is 13.3 Å². The average molecular weight is 215 g/mol. The Morgan fingerprint density at radius 2 is 2.23 bits per heavy atom. The highest BCUT2D eigenvalue weighted by Gasteiger charge is 2.02. The van der Waals surface area contributed by atoms with E-state index in [-0.39, 0.29) is 0 Å². The van der Waals surface area contributed by atoms with Crippen molar-refractivity contribution in [2.45, 2.75) is 4.90 Å². The zero-order valence-electron chi connectivity index (χ0n) is 7.54. The van der Waals surface area contributed by atoms with Crippen LogP contribution in [0, 0.1) is 0 Å². The first-order valence-electron chi connectivity index (χ1n) is 3.75. The van der Waals surface area contributed by atoms with Crippen molar-refractivity contribution in [3.05, 3.63) is 28.8 Å². The SMILES string of the molecule is CN=C(N)c1ccc(SC)c(Cl)c1. The molecule has 0 radical (unpaired) electrons. The molecule has 2 nitrogen and oxygen atoms in total. The summed E-state index contributed by atoms with van der Waals surface area (Å²) in [5, 5.41) is 0.719. The van der Waals surface area contributed by atoms with Crippen molar-refractivity contribution in [2.24, 2.45) is 10.7 Å². The van der Waals surface area contributed by atoms with E-state index in [1.807, 2.05) is 24.5 Å². The summed E-state index contributed by atoms with van der Waals surface area (Å²) in [5.74, 6) is 0.509. The maximum atomic E-state index is 6.00. The lowest BCUT2D eigenvalue weighted by atomic mass is 10.2. The molecule has 0 aliphatic carbocycles. The summed E-state index contributed by atoms with van der Waals surface area (Å²) >= 11 is 7.61. The molecule has 1 aromatic rings. The first kappa shape index (κ1) is 10.4. The van der Waals surface area contributed by atoms with Gasteiger partial charge >= 0.3 is 0 Å². The highest BCUT2D eigenvalue weighted by Crippen LogP contribution is 2.25. The normalized spacial score (nSPS) is 11.8. The fourth-order valence-corrected chi connectivity index (χ4v) is 1.82. The molecule has 1 aromatic carbocycles. The second-order valence-corrected chi connectivity index (χ2v) is 3.71. The molecule has 13 heavy (non-hydrogen) atoms. The third kappa shape index (κ3) is 2.39. The van der Waals surface area contributed by atoms with Crippen molar-refractivity contribution in [3.63, 3.8) is 0 Å². The van der Waals surface area contributed by atoms with Gasteiger partial charge in [-0.3, -0.25) is 4.99 Å². The van der Waals surface area contributed by atoms with Crippen LogP contribution in [0.25, 0.3) is 0 Å². The first-order valence-corrected chi connectivity index (χ1v) is 5.35. The Kier molecular flexibility index (Phi) is 3.63. The van der Waals surface area contributed by atoms with E-state index >= 15 is 0 Å². The number of benzene rings is 1. The predicted molar refractivity (Wildman–Crippen MR) is 59.9 cm³/mol. The summed E-state index contributed by atoms with van der Waals surface area (Å²) in [7, 11) is 1.66. The average Bonchev–Trinajstić information content (AvgIpc) is 2.16. The van der Waals surface area contributed by atoms with E-state index in [9.17, 15) is 0 Å². The molecule has 0 spiro atoms. The Labute approximate surface area is 87.2 Å². The highest BCUT2D eigenvalue weighted by molar-refractivity contribution is 7.98. The molecule has 0 unspecified atom stereocenters. The van der Waals surface area contributed by atoms with Gasteiger partial charge in [0.2, 0.25) is 0 Å². The summed E-state index contributed by atoms with van der Waals surface area (Å²) in [6.07, 6.45) is 1.98. The van der Waals surface area contributed by atoms with E-state index in [4.69, 9.17) is 17.3 Å². The lowest BCUT2D eigenvalue weighted by Crippen LogP contribution is -2.12. The van der Waals surface area contributed by atoms with Crippen molar-refractivity contribution >= 4 is 29.2 Å². The van der Waals surface area contributed by atoms with Crippen LogP contribution in [0.2, 0.25) is 5.02 Å². The summed E-state index contributed by atoms with van der Waals surface area (Å²) in [6.45, 7) is 0. The molecule has 70 valence electrons. The number of halogens is 1. The summed E-state index contributed by atoms with van der Waals surface area (Å²) in [4.78, 5) is 4.93. The molecule has 0 aromatic heterocycles. The third-order valence-electron chi connectivity index (χ3n) is 1.69. The number of hydrogen-bond acceptors (Lipinski definition) is 2. The number of aliphatic imine (C=N–C) groups is 1. The first-order chi connectivity index (χ1) is 6.19. The fourth-order valence-electron chi connectivity index (χ4n) is 0.955. The van der Waals surface area contributed by atoms with Crippen LogP contribution < -0.4 is 5.73 Å². The molecule has 2 N–H and O–H groups in total. The Hall–Kier alpha value is -0.670. The Morgan fingerprint density at radius 1 is 1.54 bits per heavy atom. The van der Waals surface area contributed by atoms with Crippen molar-refractivity contribution in [1.82, 2.24) is 0 Å². The van der Waals surface area contributed by atoms with Gasteiger partial charge in [0.05, 0.1) is 5.02 Å². The molecule has 1 rings (SSSR count). The zero-order valence-corrected chi connectivity index (χ0v) is 9.12. The minimum atomic E-state index is 0.509. The second-order valence-electron chi connectivity index (χ2n) is 2.46. The monoisotopic (exact) mass is 214 g/mol. The van der Waals surface area contributed by atoms with Crippen LogP contribution in [-0.4, -0.2) is 19.1 Å². The van der Waals surface area contributed by atoms with E-state index in [0.29, 0.717) is 5.84 Å². The highest BCUT2D eigenvalue weighted by atomic mass is 35.5. The lowest BCUT2D eigenvalue weighted by molar-refractivity contribution is 1.37. The van der Waals surface area contributed by atoms with E-state index in [1.54, 1.807) is 18.8 Å². The Balaban J connectivity index is 3.10. The van der Waals surface area contributed by atoms with Gasteiger partial charge in [0.25, 0.3) is 0 Å². The number of nitrogens with zero attached hydrogens (tertiary/aromatic N) is 1. The number of hydrogen-bond donors (Lipinski definition) is 1. The Morgan fingerprint density at radius 3 is 2.69 bits per heavy atom. The van der Waals surface area contributed by atoms with E-state index < -0.39 is 0 Å². The van der Waals surface area contributed by atoms with Gasteiger partial charge in [0, 0.05) is 17.5 Å². The number of amidine groups is 1. The lowest BCUT2D eigenvalue weighted by Gasteiger charge is -2.03. The van der Waals surface area contributed by atoms with Crippen LogP contribution in [0.15, 0.2) is 28.1 Å². The van der Waals surface area contributed by atoms with Gasteiger partial charge in [-0.2, -0.15) is 0 Å². The minimum Gasteiger partial charge on any atom is -0.384 e. The van der Waals surface area contributed by atoms with Crippen LogP contribution >= 0.6 is 23.4 Å². The Bertz CT molecular complexity index is 336. The standard InChI is InChI=1S/C9H11ClN2S/c1-12-9(11)6-3-4-8(13-2)7(10)5-6/h3-5H,1-2H3,(H2,11,12). The van der Waals surface area contributed by atoms with Gasteiger partial charge in [0.15, 0.2) is 0 Å². The van der Waals surface area contributed by atoms with Crippen LogP contribution in [0.4, 0.5) is 0 Å². The molecule has 0 fully saturated rings. The molecule has 0 aliphatic rings. The second kappa shape index (κ2) is 4.53. The molecular formula is C9H11ClN2S. The zero-order chi connectivity index (χ0) is 9.84. The molecule has 0 bridgehead atoms. The van der Waals surface area contributed by atoms with Crippen LogP contribution in [0.5, 0.6) is 0 Å². The number of thioether (sulfide) groups is 1. The van der Waals surface area contributed by atoms with Crippen molar-refractivity contribution in [3.8, 4) is 0 Å². The van der Waals surface area contributed by atoms with Crippen LogP contribution in [0.1, 0.15) is 5.56 Å². The fraction of sp³-hybridized carbons (Fsp3) is 0.222. The van der Waals surface area contributed by atoms with Gasteiger partial charge in [-0.1, -0.05) is 17.7 Å². The smallest absolute Gasteiger partial charge is 0.125 e. The number of rotatable bonds is 2. The maximum absolute atomic E-state index is 6.00. The molecule has 0 heterocycles. The number of nitrogens with two attached hydrogens (primary N) is 1. The molecule has 0 aliphatic heterocycles. The van der Waals surface area contributed by atoms with Gasteiger partial charge in [-0.05, 0) is 18.4 Å². The predicted octanol–water partition coefficient (Wildman–Crippen LogP) is 2.40. The van der Waals surface area contributed by atoms with Gasteiger partial charge in [-0.25, -0.2) is 0 Å². The minimum absolute atomic E-state index is 0.509. The van der Waals surface area contributed by atoms with Crippen LogP contribution in [0.3, 0.4) is 0 Å². The quantitative estimate of drug-likeness (QED) is 0.467. The van der Waals surface area contributed by atoms with Gasteiger partial charge in [-0.15, -0.1) is 11.8 Å².